The highest BCUT2D eigenvalue weighted by Gasteiger charge is 2.23. The zero-order valence-corrected chi connectivity index (χ0v) is 13.0. The lowest BCUT2D eigenvalue weighted by Gasteiger charge is -2.34. The van der Waals surface area contributed by atoms with E-state index in [0.29, 0.717) is 22.3 Å². The van der Waals surface area contributed by atoms with Crippen LogP contribution < -0.4 is 5.32 Å². The maximum absolute atomic E-state index is 12.1. The second-order valence-electron chi connectivity index (χ2n) is 5.12. The molecule has 1 aromatic rings. The molecule has 1 N–H and O–H groups in total. The minimum Gasteiger partial charge on any atom is -0.373 e. The van der Waals surface area contributed by atoms with Gasteiger partial charge in [0.2, 0.25) is 5.91 Å². The fourth-order valence-electron chi connectivity index (χ4n) is 2.40. The molecule has 0 saturated carbocycles. The van der Waals surface area contributed by atoms with Crippen LogP contribution in [-0.2, 0) is 9.53 Å². The first-order valence-electron chi connectivity index (χ1n) is 6.56. The number of anilines is 1. The smallest absolute Gasteiger partial charge is 0.238 e. The minimum atomic E-state index is -0.101. The molecule has 4 nitrogen and oxygen atoms in total. The fourth-order valence-corrected chi connectivity index (χ4v) is 2.74. The highest BCUT2D eigenvalue weighted by atomic mass is 35.5. The Kier molecular flexibility index (Phi) is 5.27. The number of hydrogen-bond acceptors (Lipinski definition) is 3. The van der Waals surface area contributed by atoms with Crippen LogP contribution in [-0.4, -0.2) is 42.6 Å². The molecule has 1 aromatic carbocycles. The number of hydrogen-bond donors (Lipinski definition) is 1. The van der Waals surface area contributed by atoms with Crippen molar-refractivity contribution in [2.75, 3.05) is 25.0 Å². The van der Waals surface area contributed by atoms with Crippen molar-refractivity contribution in [2.24, 2.45) is 0 Å². The maximum Gasteiger partial charge on any atom is 0.238 e. The summed E-state index contributed by atoms with van der Waals surface area (Å²) in [6, 6.07) is 5.00. The molecule has 2 atom stereocenters. The van der Waals surface area contributed by atoms with Gasteiger partial charge in [0.15, 0.2) is 0 Å². The molecule has 6 heteroatoms. The molecule has 1 aliphatic rings. The van der Waals surface area contributed by atoms with Crippen LogP contribution in [0.4, 0.5) is 5.69 Å². The van der Waals surface area contributed by atoms with Gasteiger partial charge in [-0.1, -0.05) is 23.2 Å². The Morgan fingerprint density at radius 2 is 2.00 bits per heavy atom. The van der Waals surface area contributed by atoms with Crippen molar-refractivity contribution in [1.82, 2.24) is 4.90 Å². The fraction of sp³-hybridized carbons (Fsp3) is 0.500. The summed E-state index contributed by atoms with van der Waals surface area (Å²) in [5.74, 6) is -0.101. The number of morpholine rings is 1. The quantitative estimate of drug-likeness (QED) is 0.932. The first kappa shape index (κ1) is 15.6. The van der Waals surface area contributed by atoms with E-state index in [1.165, 1.54) is 0 Å². The molecule has 0 aromatic heterocycles. The summed E-state index contributed by atoms with van der Waals surface area (Å²) < 4.78 is 5.64. The van der Waals surface area contributed by atoms with E-state index in [1.54, 1.807) is 18.2 Å². The topological polar surface area (TPSA) is 41.6 Å². The normalized spacial score (nSPS) is 23.6. The number of carbonyl (C=O) groups is 1. The second-order valence-corrected chi connectivity index (χ2v) is 5.97. The number of nitrogens with one attached hydrogen (secondary N) is 1. The number of carbonyl (C=O) groups excluding carboxylic acids is 1. The third kappa shape index (κ3) is 4.35. The molecule has 20 heavy (non-hydrogen) atoms. The largest absolute Gasteiger partial charge is 0.373 e. The molecule has 0 aliphatic carbocycles. The van der Waals surface area contributed by atoms with Gasteiger partial charge in [-0.25, -0.2) is 0 Å². The maximum atomic E-state index is 12.1. The summed E-state index contributed by atoms with van der Waals surface area (Å²) in [6.07, 6.45) is 0.280. The minimum absolute atomic E-state index is 0.101. The molecular formula is C14H18Cl2N2O2. The average molecular weight is 317 g/mol. The molecule has 1 fully saturated rings. The van der Waals surface area contributed by atoms with Crippen LogP contribution in [0.3, 0.4) is 0 Å². The van der Waals surface area contributed by atoms with E-state index in [0.717, 1.165) is 13.1 Å². The Morgan fingerprint density at radius 1 is 1.35 bits per heavy atom. The molecule has 0 bridgehead atoms. The molecule has 0 radical (unpaired) electrons. The first-order chi connectivity index (χ1) is 9.44. The van der Waals surface area contributed by atoms with Gasteiger partial charge in [-0.15, -0.1) is 0 Å². The van der Waals surface area contributed by atoms with Crippen LogP contribution in [0, 0.1) is 0 Å². The number of amides is 1. The first-order valence-corrected chi connectivity index (χ1v) is 7.32. The molecule has 1 saturated heterocycles. The lowest BCUT2D eigenvalue weighted by Crippen LogP contribution is -2.48. The van der Waals surface area contributed by atoms with Crippen molar-refractivity contribution in [3.63, 3.8) is 0 Å². The van der Waals surface area contributed by atoms with E-state index < -0.39 is 0 Å². The summed E-state index contributed by atoms with van der Waals surface area (Å²) in [7, 11) is 0. The van der Waals surface area contributed by atoms with Crippen molar-refractivity contribution in [2.45, 2.75) is 26.1 Å². The Bertz CT molecular complexity index is 486. The molecule has 1 heterocycles. The van der Waals surface area contributed by atoms with Gasteiger partial charge in [0, 0.05) is 18.1 Å². The van der Waals surface area contributed by atoms with E-state index in [4.69, 9.17) is 27.9 Å². The van der Waals surface area contributed by atoms with Crippen molar-refractivity contribution < 1.29 is 9.53 Å². The average Bonchev–Trinajstić information content (AvgIpc) is 2.32. The highest BCUT2D eigenvalue weighted by molar-refractivity contribution is 6.35. The summed E-state index contributed by atoms with van der Waals surface area (Å²) >= 11 is 11.9. The molecule has 1 amide bonds. The van der Waals surface area contributed by atoms with Crippen LogP contribution in [0.2, 0.25) is 10.0 Å². The molecule has 2 unspecified atom stereocenters. The van der Waals surface area contributed by atoms with E-state index in [9.17, 15) is 4.79 Å². The number of rotatable bonds is 3. The van der Waals surface area contributed by atoms with Crippen molar-refractivity contribution in [3.8, 4) is 0 Å². The van der Waals surface area contributed by atoms with Gasteiger partial charge in [-0.2, -0.15) is 0 Å². The van der Waals surface area contributed by atoms with Crippen LogP contribution in [0.5, 0.6) is 0 Å². The predicted octanol–water partition coefficient (Wildman–Crippen LogP) is 3.04. The predicted molar refractivity (Wildman–Crippen MR) is 81.5 cm³/mol. The summed E-state index contributed by atoms with van der Waals surface area (Å²) in [6.45, 7) is 5.84. The van der Waals surface area contributed by atoms with Gasteiger partial charge in [0.05, 0.1) is 29.5 Å². The number of ether oxygens (including phenoxy) is 1. The number of benzene rings is 1. The summed E-state index contributed by atoms with van der Waals surface area (Å²) in [4.78, 5) is 14.1. The zero-order valence-electron chi connectivity index (χ0n) is 11.5. The summed E-state index contributed by atoms with van der Waals surface area (Å²) in [5.41, 5.74) is 0.540. The van der Waals surface area contributed by atoms with E-state index in [-0.39, 0.29) is 18.1 Å². The third-order valence-corrected chi connectivity index (χ3v) is 3.63. The Labute approximate surface area is 129 Å². The third-order valence-electron chi connectivity index (χ3n) is 3.06. The van der Waals surface area contributed by atoms with Crippen LogP contribution in [0.15, 0.2) is 18.2 Å². The van der Waals surface area contributed by atoms with Gasteiger partial charge >= 0.3 is 0 Å². The Balaban J connectivity index is 1.93. The van der Waals surface area contributed by atoms with E-state index in [1.807, 2.05) is 13.8 Å². The van der Waals surface area contributed by atoms with Gasteiger partial charge in [0.1, 0.15) is 0 Å². The van der Waals surface area contributed by atoms with Crippen LogP contribution >= 0.6 is 23.2 Å². The molecule has 110 valence electrons. The highest BCUT2D eigenvalue weighted by Crippen LogP contribution is 2.25. The summed E-state index contributed by atoms with van der Waals surface area (Å²) in [5, 5.41) is 3.81. The SMILES string of the molecule is CC1CN(CC(=O)Nc2cc(Cl)ccc2Cl)CC(C)O1. The number of halogens is 2. The molecule has 1 aliphatic heterocycles. The Hall–Kier alpha value is -0.810. The Morgan fingerprint density at radius 3 is 2.65 bits per heavy atom. The zero-order chi connectivity index (χ0) is 14.7. The van der Waals surface area contributed by atoms with Gasteiger partial charge < -0.3 is 10.1 Å². The van der Waals surface area contributed by atoms with E-state index >= 15 is 0 Å². The molecule has 2 rings (SSSR count). The monoisotopic (exact) mass is 316 g/mol. The van der Waals surface area contributed by atoms with E-state index in [2.05, 4.69) is 10.2 Å². The number of nitrogens with zero attached hydrogens (tertiary/aromatic N) is 1. The van der Waals surface area contributed by atoms with Crippen molar-refractivity contribution >= 4 is 34.8 Å². The molecule has 0 spiro atoms. The molecular weight excluding hydrogens is 299 g/mol. The second kappa shape index (κ2) is 6.76. The van der Waals surface area contributed by atoms with Crippen molar-refractivity contribution in [3.05, 3.63) is 28.2 Å². The standard InChI is InChI=1S/C14H18Cl2N2O2/c1-9-6-18(7-10(2)20-9)8-14(19)17-13-5-11(15)3-4-12(13)16/h3-5,9-10H,6-8H2,1-2H3,(H,17,19). The van der Waals surface area contributed by atoms with Gasteiger partial charge in [-0.3, -0.25) is 9.69 Å². The van der Waals surface area contributed by atoms with Crippen molar-refractivity contribution in [1.29, 1.82) is 0 Å². The lowest BCUT2D eigenvalue weighted by atomic mass is 10.2. The lowest BCUT2D eigenvalue weighted by molar-refractivity contribution is -0.121. The van der Waals surface area contributed by atoms with Crippen LogP contribution in [0.1, 0.15) is 13.8 Å². The van der Waals surface area contributed by atoms with Gasteiger partial charge in [0.25, 0.3) is 0 Å². The van der Waals surface area contributed by atoms with Crippen LogP contribution in [0.25, 0.3) is 0 Å². The van der Waals surface area contributed by atoms with Gasteiger partial charge in [-0.05, 0) is 32.0 Å².